The van der Waals surface area contributed by atoms with Gasteiger partial charge >= 0.3 is 0 Å². The quantitative estimate of drug-likeness (QED) is 0.518. The molecule has 17 heavy (non-hydrogen) atoms. The molecule has 1 heterocycles. The number of hydrogen-bond donors (Lipinski definition) is 1. The van der Waals surface area contributed by atoms with E-state index in [4.69, 9.17) is 4.74 Å². The Morgan fingerprint density at radius 3 is 2.53 bits per heavy atom. The van der Waals surface area contributed by atoms with E-state index in [1.807, 2.05) is 6.92 Å². The number of carbonyl (C=O) groups is 2. The highest BCUT2D eigenvalue weighted by atomic mass is 16.5. The van der Waals surface area contributed by atoms with Crippen molar-refractivity contribution >= 4 is 11.8 Å². The van der Waals surface area contributed by atoms with Crippen LogP contribution in [0.3, 0.4) is 0 Å². The molecule has 0 aromatic heterocycles. The van der Waals surface area contributed by atoms with Crippen LogP contribution < -0.4 is 5.32 Å². The Hall–Kier alpha value is -0.940. The number of hydrogen-bond acceptors (Lipinski definition) is 4. The van der Waals surface area contributed by atoms with E-state index < -0.39 is 0 Å². The van der Waals surface area contributed by atoms with Crippen LogP contribution in [0.5, 0.6) is 0 Å². The van der Waals surface area contributed by atoms with Crippen LogP contribution in [0.4, 0.5) is 0 Å². The molecular weight excluding hydrogens is 220 g/mol. The van der Waals surface area contributed by atoms with Gasteiger partial charge in [0.05, 0.1) is 6.61 Å². The summed E-state index contributed by atoms with van der Waals surface area (Å²) in [6.45, 7) is 4.76. The summed E-state index contributed by atoms with van der Waals surface area (Å²) >= 11 is 0. The Bertz CT molecular complexity index is 250. The molecular formula is C12H22N2O3. The number of nitrogens with one attached hydrogen (secondary N) is 1. The minimum Gasteiger partial charge on any atom is -0.383 e. The fraction of sp³-hybridized carbons (Fsp3) is 0.833. The zero-order valence-corrected chi connectivity index (χ0v) is 10.7. The molecule has 0 radical (unpaired) electrons. The number of amides is 2. The van der Waals surface area contributed by atoms with Crippen LogP contribution in [0.15, 0.2) is 0 Å². The van der Waals surface area contributed by atoms with E-state index in [0.717, 1.165) is 19.5 Å². The summed E-state index contributed by atoms with van der Waals surface area (Å²) < 4.78 is 4.90. The molecule has 0 aromatic carbocycles. The van der Waals surface area contributed by atoms with Gasteiger partial charge in [-0.15, -0.1) is 0 Å². The van der Waals surface area contributed by atoms with Crippen molar-refractivity contribution in [3.8, 4) is 0 Å². The average molecular weight is 242 g/mol. The standard InChI is InChI=1S/C12H22N2O3/c1-10-8-11(15)14(12(16)9-10)6-3-4-13-5-7-17-2/h10,13H,3-9H2,1-2H3. The summed E-state index contributed by atoms with van der Waals surface area (Å²) in [6.07, 6.45) is 1.81. The molecule has 0 aliphatic carbocycles. The third-order valence-corrected chi connectivity index (χ3v) is 2.87. The summed E-state index contributed by atoms with van der Waals surface area (Å²) in [4.78, 5) is 24.7. The van der Waals surface area contributed by atoms with Gasteiger partial charge in [0.1, 0.15) is 0 Å². The van der Waals surface area contributed by atoms with Crippen molar-refractivity contribution < 1.29 is 14.3 Å². The van der Waals surface area contributed by atoms with Crippen molar-refractivity contribution in [1.29, 1.82) is 0 Å². The fourth-order valence-corrected chi connectivity index (χ4v) is 1.94. The predicted molar refractivity (Wildman–Crippen MR) is 64.5 cm³/mol. The number of carbonyl (C=O) groups excluding carboxylic acids is 2. The van der Waals surface area contributed by atoms with Gasteiger partial charge in [0.2, 0.25) is 11.8 Å². The van der Waals surface area contributed by atoms with Gasteiger partial charge in [-0.05, 0) is 18.9 Å². The maximum Gasteiger partial charge on any atom is 0.229 e. The van der Waals surface area contributed by atoms with E-state index in [1.54, 1.807) is 7.11 Å². The van der Waals surface area contributed by atoms with Gasteiger partial charge in [-0.1, -0.05) is 6.92 Å². The molecule has 98 valence electrons. The molecule has 1 rings (SSSR count). The van der Waals surface area contributed by atoms with Gasteiger partial charge in [0.15, 0.2) is 0 Å². The second kappa shape index (κ2) is 7.40. The van der Waals surface area contributed by atoms with Crippen molar-refractivity contribution in [2.75, 3.05) is 33.4 Å². The SMILES string of the molecule is COCCNCCCN1C(=O)CC(C)CC1=O. The topological polar surface area (TPSA) is 58.6 Å². The maximum absolute atomic E-state index is 11.6. The Kier molecular flexibility index (Phi) is 6.15. The number of ether oxygens (including phenoxy) is 1. The highest BCUT2D eigenvalue weighted by molar-refractivity contribution is 5.97. The highest BCUT2D eigenvalue weighted by Gasteiger charge is 2.29. The van der Waals surface area contributed by atoms with E-state index in [-0.39, 0.29) is 17.7 Å². The van der Waals surface area contributed by atoms with Gasteiger partial charge in [0.25, 0.3) is 0 Å². The second-order valence-electron chi connectivity index (χ2n) is 4.55. The third-order valence-electron chi connectivity index (χ3n) is 2.87. The molecule has 0 spiro atoms. The minimum absolute atomic E-state index is 0.0226. The Balaban J connectivity index is 2.17. The second-order valence-corrected chi connectivity index (χ2v) is 4.55. The Morgan fingerprint density at radius 1 is 1.29 bits per heavy atom. The zero-order valence-electron chi connectivity index (χ0n) is 10.7. The summed E-state index contributed by atoms with van der Waals surface area (Å²) in [6, 6.07) is 0. The van der Waals surface area contributed by atoms with Crippen LogP contribution in [0.1, 0.15) is 26.2 Å². The lowest BCUT2D eigenvalue weighted by Crippen LogP contribution is -2.43. The highest BCUT2D eigenvalue weighted by Crippen LogP contribution is 2.18. The summed E-state index contributed by atoms with van der Waals surface area (Å²) in [5.74, 6) is 0.155. The van der Waals surface area contributed by atoms with Crippen molar-refractivity contribution in [2.45, 2.75) is 26.2 Å². The van der Waals surface area contributed by atoms with Crippen molar-refractivity contribution in [3.05, 3.63) is 0 Å². The smallest absolute Gasteiger partial charge is 0.229 e. The van der Waals surface area contributed by atoms with Crippen molar-refractivity contribution in [1.82, 2.24) is 10.2 Å². The monoisotopic (exact) mass is 242 g/mol. The number of likely N-dealkylation sites (tertiary alicyclic amines) is 1. The molecule has 5 heteroatoms. The fourth-order valence-electron chi connectivity index (χ4n) is 1.94. The third kappa shape index (κ3) is 4.83. The summed E-state index contributed by atoms with van der Waals surface area (Å²) in [5, 5.41) is 3.19. The molecule has 0 unspecified atom stereocenters. The van der Waals surface area contributed by atoms with Crippen molar-refractivity contribution in [3.63, 3.8) is 0 Å². The van der Waals surface area contributed by atoms with Gasteiger partial charge in [0, 0.05) is 33.0 Å². The largest absolute Gasteiger partial charge is 0.383 e. The molecule has 0 saturated carbocycles. The zero-order chi connectivity index (χ0) is 12.7. The Labute approximate surface area is 102 Å². The molecule has 1 saturated heterocycles. The summed E-state index contributed by atoms with van der Waals surface area (Å²) in [7, 11) is 1.66. The number of piperidine rings is 1. The molecule has 0 aromatic rings. The first-order valence-corrected chi connectivity index (χ1v) is 6.18. The molecule has 1 aliphatic rings. The van der Waals surface area contributed by atoms with Crippen LogP contribution in [-0.2, 0) is 14.3 Å². The van der Waals surface area contributed by atoms with Gasteiger partial charge < -0.3 is 10.1 Å². The van der Waals surface area contributed by atoms with E-state index in [0.29, 0.717) is 26.0 Å². The van der Waals surface area contributed by atoms with Gasteiger partial charge in [-0.3, -0.25) is 14.5 Å². The normalized spacial score (nSPS) is 17.9. The van der Waals surface area contributed by atoms with Crippen LogP contribution in [0, 0.1) is 5.92 Å². The molecule has 1 aliphatic heterocycles. The Morgan fingerprint density at radius 2 is 1.94 bits per heavy atom. The lowest BCUT2D eigenvalue weighted by Gasteiger charge is -2.28. The lowest BCUT2D eigenvalue weighted by atomic mass is 9.98. The first kappa shape index (κ1) is 14.1. The first-order chi connectivity index (χ1) is 8.15. The van der Waals surface area contributed by atoms with Crippen LogP contribution in [0.25, 0.3) is 0 Å². The summed E-state index contributed by atoms with van der Waals surface area (Å²) in [5.41, 5.74) is 0. The van der Waals surface area contributed by atoms with E-state index in [9.17, 15) is 9.59 Å². The molecule has 0 bridgehead atoms. The molecule has 1 fully saturated rings. The van der Waals surface area contributed by atoms with Gasteiger partial charge in [-0.25, -0.2) is 0 Å². The van der Waals surface area contributed by atoms with E-state index >= 15 is 0 Å². The predicted octanol–water partition coefficient (Wildman–Crippen LogP) is 0.398. The van der Waals surface area contributed by atoms with Crippen LogP contribution in [-0.4, -0.2) is 50.1 Å². The molecule has 2 amide bonds. The lowest BCUT2D eigenvalue weighted by molar-refractivity contribution is -0.149. The molecule has 5 nitrogen and oxygen atoms in total. The molecule has 1 N–H and O–H groups in total. The van der Waals surface area contributed by atoms with Gasteiger partial charge in [-0.2, -0.15) is 0 Å². The number of rotatable bonds is 7. The first-order valence-electron chi connectivity index (χ1n) is 6.18. The maximum atomic E-state index is 11.6. The minimum atomic E-state index is -0.0226. The number of methoxy groups -OCH3 is 1. The van der Waals surface area contributed by atoms with E-state index in [2.05, 4.69) is 5.32 Å². The number of imide groups is 1. The van der Waals surface area contributed by atoms with E-state index in [1.165, 1.54) is 4.90 Å². The average Bonchev–Trinajstić information content (AvgIpc) is 2.26. The molecule has 0 atom stereocenters. The van der Waals surface area contributed by atoms with Crippen LogP contribution in [0.2, 0.25) is 0 Å². The van der Waals surface area contributed by atoms with Crippen LogP contribution >= 0.6 is 0 Å². The number of nitrogens with zero attached hydrogens (tertiary/aromatic N) is 1. The van der Waals surface area contributed by atoms with Crippen molar-refractivity contribution in [2.24, 2.45) is 5.92 Å².